The van der Waals surface area contributed by atoms with Gasteiger partial charge in [-0.05, 0) is 17.7 Å². The molecular formula is C15H13N3O5. The van der Waals surface area contributed by atoms with Crippen LogP contribution in [0.1, 0.15) is 28.4 Å². The van der Waals surface area contributed by atoms with Crippen molar-refractivity contribution in [3.8, 4) is 0 Å². The topological polar surface area (TPSA) is 122 Å². The fourth-order valence-corrected chi connectivity index (χ4v) is 2.02. The van der Waals surface area contributed by atoms with Gasteiger partial charge in [0.15, 0.2) is 0 Å². The lowest BCUT2D eigenvalue weighted by molar-refractivity contribution is -0.384. The number of carbonyl (C=O) groups is 2. The molecule has 1 amide bonds. The van der Waals surface area contributed by atoms with Crippen molar-refractivity contribution in [3.05, 3.63) is 70.0 Å². The lowest BCUT2D eigenvalue weighted by atomic mass is 10.0. The molecule has 1 aromatic carbocycles. The van der Waals surface area contributed by atoms with Gasteiger partial charge in [0.25, 0.3) is 11.6 Å². The van der Waals surface area contributed by atoms with Crippen molar-refractivity contribution in [2.45, 2.75) is 12.5 Å². The first-order valence-corrected chi connectivity index (χ1v) is 6.64. The molecule has 0 aliphatic heterocycles. The molecule has 0 spiro atoms. The minimum Gasteiger partial charge on any atom is -0.481 e. The molecule has 1 heterocycles. The highest BCUT2D eigenvalue weighted by molar-refractivity contribution is 5.94. The van der Waals surface area contributed by atoms with Crippen LogP contribution in [0.25, 0.3) is 0 Å². The highest BCUT2D eigenvalue weighted by Gasteiger charge is 2.20. The van der Waals surface area contributed by atoms with Crippen molar-refractivity contribution in [1.29, 1.82) is 0 Å². The van der Waals surface area contributed by atoms with Crippen LogP contribution in [0.5, 0.6) is 0 Å². The van der Waals surface area contributed by atoms with E-state index in [2.05, 4.69) is 10.3 Å². The molecule has 0 radical (unpaired) electrons. The number of carboxylic acids is 1. The van der Waals surface area contributed by atoms with E-state index in [9.17, 15) is 19.7 Å². The predicted molar refractivity (Wildman–Crippen MR) is 79.8 cm³/mol. The minimum absolute atomic E-state index is 0.173. The number of hydrogen-bond donors (Lipinski definition) is 2. The van der Waals surface area contributed by atoms with Crippen LogP contribution in [0.4, 0.5) is 5.69 Å². The molecule has 118 valence electrons. The van der Waals surface area contributed by atoms with Gasteiger partial charge in [-0.1, -0.05) is 12.1 Å². The number of nitro groups is 1. The Hall–Kier alpha value is -3.29. The molecule has 1 unspecified atom stereocenters. The van der Waals surface area contributed by atoms with Gasteiger partial charge in [0, 0.05) is 24.5 Å². The van der Waals surface area contributed by atoms with Crippen LogP contribution >= 0.6 is 0 Å². The number of aromatic nitrogens is 1. The van der Waals surface area contributed by atoms with Crippen molar-refractivity contribution < 1.29 is 19.6 Å². The first-order valence-electron chi connectivity index (χ1n) is 6.64. The standard InChI is InChI=1S/C15H13N3O5/c19-14(20)8-13(10-3-1-5-12(7-10)18(22)23)17-15(21)11-4-2-6-16-9-11/h1-7,9,13H,8H2,(H,17,21)(H,19,20). The minimum atomic E-state index is -1.13. The molecule has 0 bridgehead atoms. The number of aliphatic carboxylic acids is 1. The second-order valence-electron chi connectivity index (χ2n) is 4.72. The number of nitrogens with one attached hydrogen (secondary N) is 1. The number of hydrogen-bond acceptors (Lipinski definition) is 5. The fourth-order valence-electron chi connectivity index (χ4n) is 2.02. The van der Waals surface area contributed by atoms with E-state index < -0.39 is 29.3 Å². The monoisotopic (exact) mass is 315 g/mol. The molecule has 2 aromatic rings. The van der Waals surface area contributed by atoms with Crippen LogP contribution in [0, 0.1) is 10.1 Å². The van der Waals surface area contributed by atoms with E-state index in [1.165, 1.54) is 42.7 Å². The first kappa shape index (κ1) is 16.1. The average molecular weight is 315 g/mol. The van der Waals surface area contributed by atoms with E-state index in [-0.39, 0.29) is 11.3 Å². The molecule has 0 aliphatic rings. The van der Waals surface area contributed by atoms with Crippen molar-refractivity contribution in [1.82, 2.24) is 10.3 Å². The van der Waals surface area contributed by atoms with Crippen LogP contribution in [-0.2, 0) is 4.79 Å². The van der Waals surface area contributed by atoms with Crippen molar-refractivity contribution in [2.75, 3.05) is 0 Å². The zero-order chi connectivity index (χ0) is 16.8. The number of non-ortho nitro benzene ring substituents is 1. The number of nitrogens with zero attached hydrogens (tertiary/aromatic N) is 2. The molecule has 8 nitrogen and oxygen atoms in total. The van der Waals surface area contributed by atoms with Crippen LogP contribution in [-0.4, -0.2) is 26.9 Å². The third-order valence-electron chi connectivity index (χ3n) is 3.09. The molecule has 2 rings (SSSR count). The van der Waals surface area contributed by atoms with E-state index in [0.29, 0.717) is 5.56 Å². The van der Waals surface area contributed by atoms with E-state index >= 15 is 0 Å². The summed E-state index contributed by atoms with van der Waals surface area (Å²) >= 11 is 0. The van der Waals surface area contributed by atoms with Crippen LogP contribution < -0.4 is 5.32 Å². The lowest BCUT2D eigenvalue weighted by Gasteiger charge is -2.17. The molecule has 23 heavy (non-hydrogen) atoms. The van der Waals surface area contributed by atoms with Crippen LogP contribution in [0.3, 0.4) is 0 Å². The van der Waals surface area contributed by atoms with Gasteiger partial charge in [-0.2, -0.15) is 0 Å². The van der Waals surface area contributed by atoms with E-state index in [0.717, 1.165) is 0 Å². The third-order valence-corrected chi connectivity index (χ3v) is 3.09. The first-order chi connectivity index (χ1) is 11.0. The predicted octanol–water partition coefficient (Wildman–Crippen LogP) is 1.94. The summed E-state index contributed by atoms with van der Waals surface area (Å²) in [6.07, 6.45) is 2.46. The van der Waals surface area contributed by atoms with Crippen molar-refractivity contribution in [3.63, 3.8) is 0 Å². The number of carbonyl (C=O) groups excluding carboxylic acids is 1. The Bertz CT molecular complexity index is 733. The zero-order valence-electron chi connectivity index (χ0n) is 11.9. The van der Waals surface area contributed by atoms with Crippen molar-refractivity contribution in [2.24, 2.45) is 0 Å². The number of nitro benzene ring substituents is 1. The number of pyridine rings is 1. The maximum Gasteiger partial charge on any atom is 0.305 e. The molecule has 0 fully saturated rings. The zero-order valence-corrected chi connectivity index (χ0v) is 11.9. The van der Waals surface area contributed by atoms with Gasteiger partial charge in [0.2, 0.25) is 0 Å². The number of amides is 1. The summed E-state index contributed by atoms with van der Waals surface area (Å²) in [6, 6.07) is 7.74. The normalized spacial score (nSPS) is 11.5. The molecule has 2 N–H and O–H groups in total. The Morgan fingerprint density at radius 2 is 2.09 bits per heavy atom. The SMILES string of the molecule is O=C(O)CC(NC(=O)c1cccnc1)c1cccc([N+](=O)[O-])c1. The quantitative estimate of drug-likeness (QED) is 0.620. The Morgan fingerprint density at radius 1 is 1.30 bits per heavy atom. The van der Waals surface area contributed by atoms with Gasteiger partial charge in [-0.15, -0.1) is 0 Å². The molecule has 1 aromatic heterocycles. The maximum absolute atomic E-state index is 12.2. The van der Waals surface area contributed by atoms with E-state index in [1.54, 1.807) is 6.07 Å². The highest BCUT2D eigenvalue weighted by atomic mass is 16.6. The Morgan fingerprint density at radius 3 is 2.70 bits per heavy atom. The largest absolute Gasteiger partial charge is 0.481 e. The third kappa shape index (κ3) is 4.34. The summed E-state index contributed by atoms with van der Waals surface area (Å²) in [4.78, 5) is 37.2. The molecule has 0 saturated carbocycles. The van der Waals surface area contributed by atoms with Crippen molar-refractivity contribution >= 4 is 17.6 Å². The summed E-state index contributed by atoms with van der Waals surface area (Å²) in [6.45, 7) is 0. The second-order valence-corrected chi connectivity index (χ2v) is 4.72. The summed E-state index contributed by atoms with van der Waals surface area (Å²) < 4.78 is 0. The smallest absolute Gasteiger partial charge is 0.305 e. The van der Waals surface area contributed by atoms with Crippen LogP contribution in [0.15, 0.2) is 48.8 Å². The maximum atomic E-state index is 12.2. The summed E-state index contributed by atoms with van der Waals surface area (Å²) in [7, 11) is 0. The summed E-state index contributed by atoms with van der Waals surface area (Å²) in [5, 5.41) is 22.4. The van der Waals surface area contributed by atoms with Gasteiger partial charge >= 0.3 is 5.97 Å². The van der Waals surface area contributed by atoms with Crippen LogP contribution in [0.2, 0.25) is 0 Å². The average Bonchev–Trinajstić information content (AvgIpc) is 2.54. The summed E-state index contributed by atoms with van der Waals surface area (Å²) in [5.74, 6) is -1.64. The fraction of sp³-hybridized carbons (Fsp3) is 0.133. The highest BCUT2D eigenvalue weighted by Crippen LogP contribution is 2.22. The van der Waals surface area contributed by atoms with Gasteiger partial charge in [0.05, 0.1) is 22.9 Å². The van der Waals surface area contributed by atoms with Gasteiger partial charge in [-0.3, -0.25) is 24.7 Å². The Kier molecular flexibility index (Phi) is 4.98. The van der Waals surface area contributed by atoms with E-state index in [4.69, 9.17) is 5.11 Å². The summed E-state index contributed by atoms with van der Waals surface area (Å²) in [5.41, 5.74) is 0.445. The van der Waals surface area contributed by atoms with Gasteiger partial charge < -0.3 is 10.4 Å². The lowest BCUT2D eigenvalue weighted by Crippen LogP contribution is -2.30. The molecular weight excluding hydrogens is 302 g/mol. The molecule has 8 heteroatoms. The molecule has 1 atom stereocenters. The second kappa shape index (κ2) is 7.12. The number of carboxylic acid groups (broad SMARTS) is 1. The Labute approximate surface area is 130 Å². The molecule has 0 saturated heterocycles. The van der Waals surface area contributed by atoms with Gasteiger partial charge in [-0.25, -0.2) is 0 Å². The Balaban J connectivity index is 2.27. The van der Waals surface area contributed by atoms with Gasteiger partial charge in [0.1, 0.15) is 0 Å². The number of rotatable bonds is 6. The molecule has 0 aliphatic carbocycles. The number of benzene rings is 1. The van der Waals surface area contributed by atoms with E-state index in [1.807, 2.05) is 0 Å².